The molecule has 18 heteroatoms. The van der Waals surface area contributed by atoms with E-state index in [4.69, 9.17) is 4.74 Å². The second kappa shape index (κ2) is 17.5. The third-order valence-corrected chi connectivity index (χ3v) is 11.0. The Bertz CT molecular complexity index is 2380. The van der Waals surface area contributed by atoms with Gasteiger partial charge in [-0.15, -0.1) is 0 Å². The van der Waals surface area contributed by atoms with E-state index in [2.05, 4.69) is 46.9 Å². The summed E-state index contributed by atoms with van der Waals surface area (Å²) >= 11 is 0. The maximum absolute atomic E-state index is 13.5. The molecule has 3 fully saturated rings. The summed E-state index contributed by atoms with van der Waals surface area (Å²) in [7, 11) is 0. The summed E-state index contributed by atoms with van der Waals surface area (Å²) in [6.07, 6.45) is 10.1. The van der Waals surface area contributed by atoms with E-state index in [1.54, 1.807) is 18.6 Å². The van der Waals surface area contributed by atoms with Crippen molar-refractivity contribution in [3.8, 4) is 5.75 Å². The molecule has 1 unspecified atom stereocenters. The van der Waals surface area contributed by atoms with Crippen molar-refractivity contribution >= 4 is 69.6 Å². The Morgan fingerprint density at radius 3 is 2.45 bits per heavy atom. The lowest BCUT2D eigenvalue weighted by Gasteiger charge is -2.28. The van der Waals surface area contributed by atoms with E-state index in [-0.39, 0.29) is 60.0 Å². The molecule has 310 valence electrons. The molecule has 4 aromatic rings. The van der Waals surface area contributed by atoms with Crippen molar-refractivity contribution in [3.63, 3.8) is 0 Å². The van der Waals surface area contributed by atoms with Crippen LogP contribution in [-0.2, 0) is 19.2 Å². The SMILES string of the molecule is O=C(COc1cccc2c1C(=O)N(C1CCC(=O)NC1=O)C2=O)NCCCNC(=O)[C@H]1CC[C@H](NC(=O)c2cnc(Nc3ccc4cnccc4n3)cc2NC2CC2)CC1. The zero-order valence-electron chi connectivity index (χ0n) is 32.6. The van der Waals surface area contributed by atoms with Crippen molar-refractivity contribution in [2.75, 3.05) is 30.3 Å². The number of benzene rings is 1. The van der Waals surface area contributed by atoms with E-state index in [0.29, 0.717) is 67.6 Å². The molecule has 2 aliphatic heterocycles. The molecule has 0 radical (unpaired) electrons. The third kappa shape index (κ3) is 9.01. The first-order valence-corrected chi connectivity index (χ1v) is 20.2. The van der Waals surface area contributed by atoms with Gasteiger partial charge in [0.2, 0.25) is 17.7 Å². The second-order valence-electron chi connectivity index (χ2n) is 15.4. The van der Waals surface area contributed by atoms with E-state index in [0.717, 1.165) is 28.6 Å². The van der Waals surface area contributed by atoms with Gasteiger partial charge in [0, 0.05) is 67.6 Å². The van der Waals surface area contributed by atoms with Crippen LogP contribution >= 0.6 is 0 Å². The van der Waals surface area contributed by atoms with Gasteiger partial charge < -0.3 is 31.3 Å². The third-order valence-electron chi connectivity index (χ3n) is 11.0. The number of carbonyl (C=O) groups excluding carboxylic acids is 7. The minimum atomic E-state index is -1.12. The number of piperidine rings is 1. The van der Waals surface area contributed by atoms with Crippen molar-refractivity contribution in [3.05, 3.63) is 77.7 Å². The molecule has 60 heavy (non-hydrogen) atoms. The number of nitrogens with one attached hydrogen (secondary N) is 6. The van der Waals surface area contributed by atoms with Gasteiger partial charge in [-0.1, -0.05) is 6.07 Å². The number of pyridine rings is 3. The number of rotatable bonds is 15. The average molecular weight is 817 g/mol. The van der Waals surface area contributed by atoms with Gasteiger partial charge in [0.15, 0.2) is 6.61 Å². The normalized spacial score (nSPS) is 19.9. The Labute approximate surface area is 344 Å². The monoisotopic (exact) mass is 816 g/mol. The Morgan fingerprint density at radius 1 is 0.850 bits per heavy atom. The van der Waals surface area contributed by atoms with Crippen LogP contribution in [0.1, 0.15) is 88.9 Å². The number of carbonyl (C=O) groups is 7. The number of hydrogen-bond acceptors (Lipinski definition) is 13. The predicted molar refractivity (Wildman–Crippen MR) is 216 cm³/mol. The number of fused-ring (bicyclic) bond motifs is 2. The van der Waals surface area contributed by atoms with Crippen molar-refractivity contribution in [1.82, 2.24) is 41.1 Å². The molecule has 2 aliphatic carbocycles. The molecule has 8 rings (SSSR count). The summed E-state index contributed by atoms with van der Waals surface area (Å²) in [5.41, 5.74) is 1.97. The molecule has 3 aromatic heterocycles. The van der Waals surface area contributed by atoms with Crippen molar-refractivity contribution in [1.29, 1.82) is 0 Å². The summed E-state index contributed by atoms with van der Waals surface area (Å²) in [5, 5.41) is 18.6. The molecule has 1 aromatic carbocycles. The van der Waals surface area contributed by atoms with Gasteiger partial charge >= 0.3 is 0 Å². The highest BCUT2D eigenvalue weighted by molar-refractivity contribution is 6.24. The van der Waals surface area contributed by atoms with Crippen LogP contribution in [0.4, 0.5) is 17.3 Å². The summed E-state index contributed by atoms with van der Waals surface area (Å²) in [6.45, 7) is 0.178. The van der Waals surface area contributed by atoms with Gasteiger partial charge in [-0.05, 0) is 81.7 Å². The lowest BCUT2D eigenvalue weighted by Crippen LogP contribution is -2.54. The number of anilines is 3. The fraction of sp³-hybridized carbons (Fsp3) is 0.381. The summed E-state index contributed by atoms with van der Waals surface area (Å²) in [5.74, 6) is -2.32. The molecule has 18 nitrogen and oxygen atoms in total. The standard InChI is InChI=1S/C42H44N10O8/c53-35-14-12-31(40(57)51-35)52-41(58)27-3-1-4-32(37(27)42(52)59)60-22-36(54)44-16-2-17-45-38(55)23-5-8-26(9-6-23)48-39(56)28-21-46-34(19-30(28)47-25-10-11-25)50-33-13-7-24-20-43-18-15-29(24)49-33/h1,3-4,7,13,15,18-21,23,25-26,31H,2,5-6,8-12,14,16-17,22H2,(H,44,54)(H,45,55)(H,48,56)(H,51,53,57)(H2,46,47,49,50)/t23-,26-,31?. The molecule has 4 aliphatic rings. The Balaban J connectivity index is 0.745. The van der Waals surface area contributed by atoms with E-state index in [1.807, 2.05) is 24.3 Å². The molecule has 7 amide bonds. The minimum absolute atomic E-state index is 0.00122. The van der Waals surface area contributed by atoms with Crippen LogP contribution in [0.25, 0.3) is 10.9 Å². The molecule has 0 bridgehead atoms. The minimum Gasteiger partial charge on any atom is -0.483 e. The summed E-state index contributed by atoms with van der Waals surface area (Å²) in [4.78, 5) is 103. The van der Waals surface area contributed by atoms with Crippen LogP contribution in [0.3, 0.4) is 0 Å². The Hall–Kier alpha value is -6.98. The van der Waals surface area contributed by atoms with Crippen LogP contribution in [0.15, 0.2) is 61.1 Å². The molecule has 6 N–H and O–H groups in total. The number of imide groups is 2. The zero-order valence-corrected chi connectivity index (χ0v) is 32.6. The molecule has 0 spiro atoms. The van der Waals surface area contributed by atoms with Gasteiger partial charge in [-0.25, -0.2) is 9.97 Å². The van der Waals surface area contributed by atoms with Crippen LogP contribution in [-0.4, -0.2) is 99.0 Å². The molecule has 1 saturated heterocycles. The van der Waals surface area contributed by atoms with E-state index >= 15 is 0 Å². The maximum atomic E-state index is 13.5. The number of aromatic nitrogens is 3. The number of nitrogens with zero attached hydrogens (tertiary/aromatic N) is 4. The molecule has 5 heterocycles. The van der Waals surface area contributed by atoms with Gasteiger partial charge in [-0.2, -0.15) is 0 Å². The van der Waals surface area contributed by atoms with Crippen molar-refractivity contribution in [2.24, 2.45) is 5.92 Å². The number of hydrogen-bond donors (Lipinski definition) is 6. The maximum Gasteiger partial charge on any atom is 0.266 e. The van der Waals surface area contributed by atoms with Gasteiger partial charge in [-0.3, -0.25) is 48.8 Å². The fourth-order valence-corrected chi connectivity index (χ4v) is 7.67. The number of ether oxygens (including phenoxy) is 1. The van der Waals surface area contributed by atoms with Gasteiger partial charge in [0.1, 0.15) is 23.4 Å². The first-order chi connectivity index (χ1) is 29.1. The quantitative estimate of drug-likeness (QED) is 0.0748. The summed E-state index contributed by atoms with van der Waals surface area (Å²) < 4.78 is 5.63. The fourth-order valence-electron chi connectivity index (χ4n) is 7.67. The first-order valence-electron chi connectivity index (χ1n) is 20.2. The zero-order chi connectivity index (χ0) is 41.8. The van der Waals surface area contributed by atoms with E-state index in [1.165, 1.54) is 18.2 Å². The van der Waals surface area contributed by atoms with Gasteiger partial charge in [0.25, 0.3) is 23.6 Å². The lowest BCUT2D eigenvalue weighted by atomic mass is 9.85. The summed E-state index contributed by atoms with van der Waals surface area (Å²) in [6, 6.07) is 11.0. The highest BCUT2D eigenvalue weighted by atomic mass is 16.5. The second-order valence-corrected chi connectivity index (χ2v) is 15.4. The van der Waals surface area contributed by atoms with Crippen LogP contribution < -0.4 is 36.6 Å². The van der Waals surface area contributed by atoms with Crippen LogP contribution in [0, 0.1) is 5.92 Å². The van der Waals surface area contributed by atoms with E-state index < -0.39 is 42.2 Å². The topological polar surface area (TPSA) is 243 Å². The molecule has 1 atom stereocenters. The van der Waals surface area contributed by atoms with E-state index in [9.17, 15) is 33.6 Å². The number of amides is 7. The van der Waals surface area contributed by atoms with Crippen molar-refractivity contribution in [2.45, 2.75) is 75.9 Å². The Morgan fingerprint density at radius 2 is 1.65 bits per heavy atom. The Kier molecular flexibility index (Phi) is 11.6. The lowest BCUT2D eigenvalue weighted by molar-refractivity contribution is -0.136. The highest BCUT2D eigenvalue weighted by Crippen LogP contribution is 2.34. The predicted octanol–water partition coefficient (Wildman–Crippen LogP) is 2.73. The molecular formula is C42H44N10O8. The van der Waals surface area contributed by atoms with Crippen LogP contribution in [0.5, 0.6) is 5.75 Å². The van der Waals surface area contributed by atoms with Crippen LogP contribution in [0.2, 0.25) is 0 Å². The highest BCUT2D eigenvalue weighted by Gasteiger charge is 2.46. The first kappa shape index (κ1) is 39.8. The van der Waals surface area contributed by atoms with Gasteiger partial charge in [0.05, 0.1) is 27.9 Å². The smallest absolute Gasteiger partial charge is 0.266 e. The largest absolute Gasteiger partial charge is 0.483 e. The molecule has 2 saturated carbocycles. The van der Waals surface area contributed by atoms with Crippen molar-refractivity contribution < 1.29 is 38.3 Å². The molecular weight excluding hydrogens is 773 g/mol. The average Bonchev–Trinajstić information content (AvgIpc) is 4.03.